The van der Waals surface area contributed by atoms with Gasteiger partial charge in [-0.3, -0.25) is 0 Å². The Morgan fingerprint density at radius 2 is 2.31 bits per heavy atom. The number of methoxy groups -OCH3 is 1. The highest BCUT2D eigenvalue weighted by atomic mass is 16.5. The lowest BCUT2D eigenvalue weighted by Gasteiger charge is -2.08. The van der Waals surface area contributed by atoms with Gasteiger partial charge in [-0.15, -0.1) is 0 Å². The van der Waals surface area contributed by atoms with Crippen molar-refractivity contribution in [3.63, 3.8) is 0 Å². The summed E-state index contributed by atoms with van der Waals surface area (Å²) in [4.78, 5) is 15.6. The molecule has 2 rings (SSSR count). The van der Waals surface area contributed by atoms with E-state index in [0.717, 1.165) is 11.3 Å². The maximum atomic E-state index is 11.4. The van der Waals surface area contributed by atoms with E-state index in [1.807, 2.05) is 24.3 Å². The summed E-state index contributed by atoms with van der Waals surface area (Å²) in [6.45, 7) is 0. The molecule has 1 aliphatic carbocycles. The molecule has 0 bridgehead atoms. The molecule has 0 fully saturated rings. The number of rotatable bonds is 1. The monoisotopic (exact) mass is 216 g/mol. The van der Waals surface area contributed by atoms with Crippen molar-refractivity contribution in [2.24, 2.45) is 0 Å². The highest BCUT2D eigenvalue weighted by Crippen LogP contribution is 2.21. The summed E-state index contributed by atoms with van der Waals surface area (Å²) >= 11 is 0. The first-order chi connectivity index (χ1) is 7.72. The maximum absolute atomic E-state index is 11.4. The Balaban J connectivity index is 2.53. The van der Waals surface area contributed by atoms with Crippen LogP contribution in [-0.2, 0) is 11.2 Å². The molecule has 0 aliphatic heterocycles. The van der Waals surface area contributed by atoms with E-state index in [1.165, 1.54) is 7.11 Å². The Kier molecular flexibility index (Phi) is 2.72. The minimum Gasteiger partial charge on any atom is -0.464 e. The number of esters is 1. The number of hydrogen-bond donors (Lipinski definition) is 1. The van der Waals surface area contributed by atoms with Gasteiger partial charge in [0.2, 0.25) is 0 Å². The number of fused-ring (bicyclic) bond motifs is 1. The third-order valence-electron chi connectivity index (χ3n) is 2.39. The van der Waals surface area contributed by atoms with Crippen LogP contribution in [0, 0.1) is 0 Å². The van der Waals surface area contributed by atoms with E-state index in [1.54, 1.807) is 6.07 Å². The zero-order valence-electron chi connectivity index (χ0n) is 8.93. The maximum Gasteiger partial charge on any atom is 0.356 e. The van der Waals surface area contributed by atoms with E-state index < -0.39 is 5.97 Å². The molecule has 0 saturated heterocycles. The molecule has 0 atom stereocenters. The molecule has 0 spiro atoms. The lowest BCUT2D eigenvalue weighted by Crippen LogP contribution is -2.09. The molecule has 1 aromatic rings. The van der Waals surface area contributed by atoms with Gasteiger partial charge in [0.05, 0.1) is 12.8 Å². The molecule has 0 unspecified atom stereocenters. The second-order valence-electron chi connectivity index (χ2n) is 3.44. The zero-order valence-corrected chi connectivity index (χ0v) is 8.93. The molecule has 1 aliphatic rings. The van der Waals surface area contributed by atoms with Gasteiger partial charge in [-0.25, -0.2) is 9.78 Å². The predicted molar refractivity (Wildman–Crippen MR) is 61.9 cm³/mol. The summed E-state index contributed by atoms with van der Waals surface area (Å²) in [5.74, 6) is -0.466. The number of ether oxygens (including phenoxy) is 1. The number of nitrogens with zero attached hydrogens (tertiary/aromatic N) is 1. The summed E-state index contributed by atoms with van der Waals surface area (Å²) in [7, 11) is 1.33. The van der Waals surface area contributed by atoms with Gasteiger partial charge in [-0.1, -0.05) is 24.3 Å². The molecule has 0 radical (unpaired) electrons. The molecule has 2 N–H and O–H groups in total. The van der Waals surface area contributed by atoms with Crippen LogP contribution in [0.2, 0.25) is 0 Å². The van der Waals surface area contributed by atoms with Crippen molar-refractivity contribution in [1.29, 1.82) is 0 Å². The molecule has 82 valence electrons. The average molecular weight is 216 g/mol. The van der Waals surface area contributed by atoms with Crippen LogP contribution in [0.3, 0.4) is 0 Å². The smallest absolute Gasteiger partial charge is 0.356 e. The predicted octanol–water partition coefficient (Wildman–Crippen LogP) is 1.58. The number of nitrogens with two attached hydrogens (primary N) is 1. The molecule has 16 heavy (non-hydrogen) atoms. The largest absolute Gasteiger partial charge is 0.464 e. The lowest BCUT2D eigenvalue weighted by atomic mass is 10.1. The molecule has 4 heteroatoms. The fourth-order valence-corrected chi connectivity index (χ4v) is 1.60. The molecule has 0 aromatic carbocycles. The summed E-state index contributed by atoms with van der Waals surface area (Å²) in [5.41, 5.74) is 8.35. The van der Waals surface area contributed by atoms with Crippen LogP contribution < -0.4 is 5.73 Å². The Bertz CT molecular complexity index is 490. The van der Waals surface area contributed by atoms with E-state index in [4.69, 9.17) is 5.73 Å². The Hall–Kier alpha value is -2.10. The fraction of sp³-hybridized carbons (Fsp3) is 0.167. The van der Waals surface area contributed by atoms with E-state index >= 15 is 0 Å². The molecule has 0 amide bonds. The quantitative estimate of drug-likeness (QED) is 0.724. The first-order valence-corrected chi connectivity index (χ1v) is 4.93. The minimum atomic E-state index is -0.466. The molecule has 0 saturated carbocycles. The molecular weight excluding hydrogens is 204 g/mol. The first-order valence-electron chi connectivity index (χ1n) is 4.93. The average Bonchev–Trinajstić information content (AvgIpc) is 2.53. The molecule has 1 heterocycles. The van der Waals surface area contributed by atoms with Gasteiger partial charge >= 0.3 is 5.97 Å². The van der Waals surface area contributed by atoms with Gasteiger partial charge < -0.3 is 10.5 Å². The van der Waals surface area contributed by atoms with Crippen LogP contribution in [0.4, 0.5) is 5.69 Å². The van der Waals surface area contributed by atoms with Gasteiger partial charge in [-0.2, -0.15) is 0 Å². The van der Waals surface area contributed by atoms with E-state index in [0.29, 0.717) is 12.1 Å². The van der Waals surface area contributed by atoms with E-state index in [-0.39, 0.29) is 5.69 Å². The fourth-order valence-electron chi connectivity index (χ4n) is 1.60. The zero-order chi connectivity index (χ0) is 11.5. The van der Waals surface area contributed by atoms with Crippen LogP contribution >= 0.6 is 0 Å². The van der Waals surface area contributed by atoms with Crippen LogP contribution in [0.1, 0.15) is 21.7 Å². The van der Waals surface area contributed by atoms with Crippen molar-refractivity contribution in [2.75, 3.05) is 12.8 Å². The number of hydrogen-bond acceptors (Lipinski definition) is 4. The second kappa shape index (κ2) is 4.18. The third kappa shape index (κ3) is 1.82. The van der Waals surface area contributed by atoms with Crippen molar-refractivity contribution in [3.8, 4) is 0 Å². The highest BCUT2D eigenvalue weighted by molar-refractivity contribution is 5.89. The van der Waals surface area contributed by atoms with Gasteiger partial charge in [0.1, 0.15) is 0 Å². The van der Waals surface area contributed by atoms with Crippen molar-refractivity contribution in [2.45, 2.75) is 6.42 Å². The van der Waals surface area contributed by atoms with Crippen LogP contribution in [0.25, 0.3) is 6.08 Å². The van der Waals surface area contributed by atoms with Gasteiger partial charge in [0.25, 0.3) is 0 Å². The Morgan fingerprint density at radius 3 is 3.06 bits per heavy atom. The molecule has 4 nitrogen and oxygen atoms in total. The second-order valence-corrected chi connectivity index (χ2v) is 3.44. The van der Waals surface area contributed by atoms with Gasteiger partial charge in [-0.05, 0) is 6.07 Å². The normalized spacial score (nSPS) is 13.1. The number of pyridine rings is 1. The minimum absolute atomic E-state index is 0.252. The SMILES string of the molecule is COC(=O)c1cc(N)c2c(n1)CC=CC=C2. The number of nitrogen functional groups attached to an aromatic ring is 1. The number of allylic oxidation sites excluding steroid dienone is 3. The van der Waals surface area contributed by atoms with Gasteiger partial charge in [0.15, 0.2) is 5.69 Å². The number of aromatic nitrogens is 1. The molecular formula is C12H12N2O2. The van der Waals surface area contributed by atoms with E-state index in [2.05, 4.69) is 9.72 Å². The first kappa shape index (κ1) is 10.4. The summed E-state index contributed by atoms with van der Waals surface area (Å²) in [6, 6.07) is 1.54. The van der Waals surface area contributed by atoms with Crippen molar-refractivity contribution >= 4 is 17.7 Å². The standard InChI is InChI=1S/C12H12N2O2/c1-16-12(15)11-7-9(13)8-5-3-2-4-6-10(8)14-11/h2-5,7H,6H2,1H3,(H2,13,14). The topological polar surface area (TPSA) is 65.2 Å². The van der Waals surface area contributed by atoms with Crippen molar-refractivity contribution in [3.05, 3.63) is 41.2 Å². The summed E-state index contributed by atoms with van der Waals surface area (Å²) in [6.07, 6.45) is 8.36. The summed E-state index contributed by atoms with van der Waals surface area (Å²) in [5, 5.41) is 0. The number of carbonyl (C=O) groups excluding carboxylic acids is 1. The van der Waals surface area contributed by atoms with Crippen LogP contribution in [0.5, 0.6) is 0 Å². The molecule has 1 aromatic heterocycles. The van der Waals surface area contributed by atoms with Gasteiger partial charge in [0, 0.05) is 17.7 Å². The highest BCUT2D eigenvalue weighted by Gasteiger charge is 2.13. The van der Waals surface area contributed by atoms with Crippen molar-refractivity contribution in [1.82, 2.24) is 4.98 Å². The Morgan fingerprint density at radius 1 is 1.50 bits per heavy atom. The van der Waals surface area contributed by atoms with Crippen molar-refractivity contribution < 1.29 is 9.53 Å². The lowest BCUT2D eigenvalue weighted by molar-refractivity contribution is 0.0594. The van der Waals surface area contributed by atoms with Crippen LogP contribution in [-0.4, -0.2) is 18.1 Å². The number of carbonyl (C=O) groups is 1. The number of anilines is 1. The Labute approximate surface area is 93.4 Å². The van der Waals surface area contributed by atoms with E-state index in [9.17, 15) is 4.79 Å². The summed E-state index contributed by atoms with van der Waals surface area (Å²) < 4.78 is 4.62. The third-order valence-corrected chi connectivity index (χ3v) is 2.39. The van der Waals surface area contributed by atoms with Crippen LogP contribution in [0.15, 0.2) is 24.3 Å².